The number of hydrogen-bond donors (Lipinski definition) is 0. The van der Waals surface area contributed by atoms with Gasteiger partial charge in [-0.3, -0.25) is 4.79 Å². The van der Waals surface area contributed by atoms with E-state index in [4.69, 9.17) is 14.2 Å². The van der Waals surface area contributed by atoms with Crippen LogP contribution in [-0.2, 0) is 29.2 Å². The average molecular weight is 347 g/mol. The van der Waals surface area contributed by atoms with Crippen molar-refractivity contribution in [3.63, 3.8) is 0 Å². The summed E-state index contributed by atoms with van der Waals surface area (Å²) in [5, 5.41) is 0. The van der Waals surface area contributed by atoms with Crippen LogP contribution >= 0.6 is 0 Å². The van der Waals surface area contributed by atoms with E-state index in [1.54, 1.807) is 12.0 Å². The summed E-state index contributed by atoms with van der Waals surface area (Å²) in [5.74, 6) is -0.417. The molecule has 25 heavy (non-hydrogen) atoms. The van der Waals surface area contributed by atoms with E-state index in [0.29, 0.717) is 39.0 Å². The van der Waals surface area contributed by atoms with Crippen LogP contribution in [-0.4, -0.2) is 62.9 Å². The SMILES string of the molecule is COC(=O)[C@H]1C[C@H](OC)CN1C(=O)C1(c2ccccc2)CCOCC1. The van der Waals surface area contributed by atoms with Gasteiger partial charge in [0.25, 0.3) is 0 Å². The molecule has 1 aromatic carbocycles. The van der Waals surface area contributed by atoms with Crippen molar-refractivity contribution in [2.45, 2.75) is 36.8 Å². The molecule has 0 saturated carbocycles. The molecule has 136 valence electrons. The van der Waals surface area contributed by atoms with Gasteiger partial charge in [0.05, 0.1) is 18.6 Å². The highest BCUT2D eigenvalue weighted by molar-refractivity contribution is 5.92. The molecule has 2 fully saturated rings. The summed E-state index contributed by atoms with van der Waals surface area (Å²) in [6.07, 6.45) is 1.53. The Bertz CT molecular complexity index is 612. The third-order valence-electron chi connectivity index (χ3n) is 5.41. The zero-order valence-electron chi connectivity index (χ0n) is 14.8. The molecule has 0 spiro atoms. The van der Waals surface area contributed by atoms with Crippen LogP contribution in [0.5, 0.6) is 0 Å². The Morgan fingerprint density at radius 3 is 2.44 bits per heavy atom. The highest BCUT2D eigenvalue weighted by atomic mass is 16.5. The van der Waals surface area contributed by atoms with Gasteiger partial charge in [-0.05, 0) is 18.4 Å². The van der Waals surface area contributed by atoms with Crippen LogP contribution in [0.3, 0.4) is 0 Å². The van der Waals surface area contributed by atoms with Gasteiger partial charge in [0, 0.05) is 33.3 Å². The Morgan fingerprint density at radius 1 is 1.16 bits per heavy atom. The maximum Gasteiger partial charge on any atom is 0.328 e. The number of likely N-dealkylation sites (tertiary alicyclic amines) is 1. The molecule has 2 heterocycles. The van der Waals surface area contributed by atoms with Crippen LogP contribution in [0.4, 0.5) is 0 Å². The first-order valence-corrected chi connectivity index (χ1v) is 8.67. The summed E-state index contributed by atoms with van der Waals surface area (Å²) < 4.78 is 15.8. The number of hydrogen-bond acceptors (Lipinski definition) is 5. The number of carbonyl (C=O) groups is 2. The fourth-order valence-electron chi connectivity index (χ4n) is 3.93. The number of nitrogens with zero attached hydrogens (tertiary/aromatic N) is 1. The van der Waals surface area contributed by atoms with Gasteiger partial charge < -0.3 is 19.1 Å². The first-order chi connectivity index (χ1) is 12.1. The number of amides is 1. The van der Waals surface area contributed by atoms with E-state index >= 15 is 0 Å². The van der Waals surface area contributed by atoms with Gasteiger partial charge in [-0.2, -0.15) is 0 Å². The Kier molecular flexibility index (Phi) is 5.39. The van der Waals surface area contributed by atoms with Crippen LogP contribution in [0.1, 0.15) is 24.8 Å². The summed E-state index contributed by atoms with van der Waals surface area (Å²) in [7, 11) is 2.96. The number of rotatable bonds is 4. The van der Waals surface area contributed by atoms with Gasteiger partial charge in [-0.25, -0.2) is 4.79 Å². The van der Waals surface area contributed by atoms with E-state index in [1.807, 2.05) is 30.3 Å². The van der Waals surface area contributed by atoms with Crippen LogP contribution in [0, 0.1) is 0 Å². The maximum atomic E-state index is 13.6. The molecule has 2 atom stereocenters. The molecule has 0 unspecified atom stereocenters. The van der Waals surface area contributed by atoms with E-state index in [9.17, 15) is 9.59 Å². The number of ether oxygens (including phenoxy) is 3. The van der Waals surface area contributed by atoms with Crippen molar-refractivity contribution in [1.29, 1.82) is 0 Å². The van der Waals surface area contributed by atoms with Crippen molar-refractivity contribution >= 4 is 11.9 Å². The molecular weight excluding hydrogens is 322 g/mol. The van der Waals surface area contributed by atoms with Gasteiger partial charge in [0.2, 0.25) is 5.91 Å². The Balaban J connectivity index is 1.95. The van der Waals surface area contributed by atoms with Gasteiger partial charge in [0.15, 0.2) is 0 Å². The number of methoxy groups -OCH3 is 2. The lowest BCUT2D eigenvalue weighted by atomic mass is 9.73. The lowest BCUT2D eigenvalue weighted by Gasteiger charge is -2.40. The number of benzene rings is 1. The van der Waals surface area contributed by atoms with Crippen LogP contribution in [0.2, 0.25) is 0 Å². The topological polar surface area (TPSA) is 65.1 Å². The second kappa shape index (κ2) is 7.54. The zero-order valence-corrected chi connectivity index (χ0v) is 14.8. The molecule has 6 nitrogen and oxygen atoms in total. The third-order valence-corrected chi connectivity index (χ3v) is 5.41. The van der Waals surface area contributed by atoms with Crippen molar-refractivity contribution < 1.29 is 23.8 Å². The summed E-state index contributed by atoms with van der Waals surface area (Å²) in [6, 6.07) is 9.21. The van der Waals surface area contributed by atoms with E-state index in [-0.39, 0.29) is 18.0 Å². The fourth-order valence-corrected chi connectivity index (χ4v) is 3.93. The zero-order chi connectivity index (χ0) is 17.9. The summed E-state index contributed by atoms with van der Waals surface area (Å²) >= 11 is 0. The monoisotopic (exact) mass is 347 g/mol. The number of esters is 1. The van der Waals surface area contributed by atoms with E-state index in [0.717, 1.165) is 5.56 Å². The lowest BCUT2D eigenvalue weighted by Crippen LogP contribution is -2.53. The highest BCUT2D eigenvalue weighted by Gasteiger charge is 2.50. The Labute approximate surface area is 148 Å². The third kappa shape index (κ3) is 3.28. The predicted octanol–water partition coefficient (Wildman–Crippen LogP) is 1.52. The molecule has 6 heteroatoms. The average Bonchev–Trinajstić information content (AvgIpc) is 3.12. The largest absolute Gasteiger partial charge is 0.467 e. The molecule has 0 aliphatic carbocycles. The number of carbonyl (C=O) groups excluding carboxylic acids is 2. The summed E-state index contributed by atoms with van der Waals surface area (Å²) in [4.78, 5) is 27.5. The maximum absolute atomic E-state index is 13.6. The smallest absolute Gasteiger partial charge is 0.328 e. The molecule has 0 radical (unpaired) electrons. The molecule has 1 aromatic rings. The van der Waals surface area contributed by atoms with E-state index in [2.05, 4.69) is 0 Å². The highest BCUT2D eigenvalue weighted by Crippen LogP contribution is 2.39. The molecule has 0 N–H and O–H groups in total. The van der Waals surface area contributed by atoms with Crippen LogP contribution in [0.25, 0.3) is 0 Å². The lowest BCUT2D eigenvalue weighted by molar-refractivity contribution is -0.154. The molecule has 1 amide bonds. The fraction of sp³-hybridized carbons (Fsp3) is 0.579. The van der Waals surface area contributed by atoms with Crippen molar-refractivity contribution in [3.8, 4) is 0 Å². The molecule has 2 aliphatic rings. The second-order valence-corrected chi connectivity index (χ2v) is 6.65. The predicted molar refractivity (Wildman–Crippen MR) is 91.1 cm³/mol. The standard InChI is InChI=1S/C19H25NO5/c1-23-15-12-16(17(21)24-2)20(13-15)18(22)19(8-10-25-11-9-19)14-6-4-3-5-7-14/h3-7,15-16H,8-13H2,1-2H3/t15-,16+/m0/s1. The van der Waals surface area contributed by atoms with Crippen molar-refractivity contribution in [2.75, 3.05) is 34.0 Å². The minimum atomic E-state index is -0.658. The molecule has 0 aromatic heterocycles. The second-order valence-electron chi connectivity index (χ2n) is 6.65. The molecular formula is C19H25NO5. The molecule has 0 bridgehead atoms. The normalized spacial score (nSPS) is 25.6. The van der Waals surface area contributed by atoms with Gasteiger partial charge in [-0.15, -0.1) is 0 Å². The Morgan fingerprint density at radius 2 is 1.84 bits per heavy atom. The van der Waals surface area contributed by atoms with Gasteiger partial charge >= 0.3 is 5.97 Å². The van der Waals surface area contributed by atoms with Gasteiger partial charge in [-0.1, -0.05) is 30.3 Å². The van der Waals surface area contributed by atoms with Crippen LogP contribution in [0.15, 0.2) is 30.3 Å². The molecule has 3 rings (SSSR count). The molecule has 2 saturated heterocycles. The molecule has 2 aliphatic heterocycles. The van der Waals surface area contributed by atoms with Gasteiger partial charge in [0.1, 0.15) is 6.04 Å². The van der Waals surface area contributed by atoms with Crippen LogP contribution < -0.4 is 0 Å². The first kappa shape index (κ1) is 17.9. The minimum Gasteiger partial charge on any atom is -0.467 e. The minimum absolute atomic E-state index is 0.0306. The van der Waals surface area contributed by atoms with Crippen molar-refractivity contribution in [2.24, 2.45) is 0 Å². The summed E-state index contributed by atoms with van der Waals surface area (Å²) in [5.41, 5.74) is 0.321. The quantitative estimate of drug-likeness (QED) is 0.773. The first-order valence-electron chi connectivity index (χ1n) is 8.67. The Hall–Kier alpha value is -1.92. The van der Waals surface area contributed by atoms with E-state index < -0.39 is 11.5 Å². The van der Waals surface area contributed by atoms with Crippen molar-refractivity contribution in [3.05, 3.63) is 35.9 Å². The summed E-state index contributed by atoms with van der Waals surface area (Å²) in [6.45, 7) is 1.47. The van der Waals surface area contributed by atoms with E-state index in [1.165, 1.54) is 7.11 Å². The van der Waals surface area contributed by atoms with Crippen molar-refractivity contribution in [1.82, 2.24) is 4.90 Å².